The molecule has 3 N–H and O–H groups in total. The second-order valence-electron chi connectivity index (χ2n) is 8.49. The third-order valence-corrected chi connectivity index (χ3v) is 7.38. The van der Waals surface area contributed by atoms with E-state index in [0.717, 1.165) is 43.3 Å². The van der Waals surface area contributed by atoms with Crippen molar-refractivity contribution in [1.29, 1.82) is 0 Å². The van der Waals surface area contributed by atoms with E-state index < -0.39 is 9.84 Å². The number of hydrogen-bond acceptors (Lipinski definition) is 6. The van der Waals surface area contributed by atoms with Crippen LogP contribution >= 0.6 is 0 Å². The summed E-state index contributed by atoms with van der Waals surface area (Å²) in [5, 5.41) is 10.5. The molecule has 32 heavy (non-hydrogen) atoms. The van der Waals surface area contributed by atoms with Gasteiger partial charge in [0.05, 0.1) is 10.9 Å². The normalized spacial score (nSPS) is 22.6. The Morgan fingerprint density at radius 1 is 1.00 bits per heavy atom. The molecule has 0 radical (unpaired) electrons. The van der Waals surface area contributed by atoms with E-state index in [4.69, 9.17) is 0 Å². The number of allylic oxidation sites excluding steroid dienone is 2. The number of nitrogens with one attached hydrogen (secondary N) is 3. The highest BCUT2D eigenvalue weighted by atomic mass is 32.2. The van der Waals surface area contributed by atoms with Gasteiger partial charge in [0.1, 0.15) is 5.82 Å². The number of hydrogen-bond donors (Lipinski definition) is 3. The number of benzene rings is 2. The van der Waals surface area contributed by atoms with Gasteiger partial charge in [0.2, 0.25) is 0 Å². The van der Waals surface area contributed by atoms with Crippen molar-refractivity contribution in [3.8, 4) is 0 Å². The zero-order valence-corrected chi connectivity index (χ0v) is 18.9. The number of piperazine rings is 1. The van der Waals surface area contributed by atoms with Crippen LogP contribution in [-0.2, 0) is 9.84 Å². The van der Waals surface area contributed by atoms with Gasteiger partial charge >= 0.3 is 0 Å². The quantitative estimate of drug-likeness (QED) is 0.653. The molecule has 7 heteroatoms. The van der Waals surface area contributed by atoms with Gasteiger partial charge in [-0.3, -0.25) is 0 Å². The molecule has 0 spiro atoms. The van der Waals surface area contributed by atoms with Crippen molar-refractivity contribution in [2.45, 2.75) is 10.9 Å². The lowest BCUT2D eigenvalue weighted by molar-refractivity contribution is 0.589. The molecule has 2 aliphatic heterocycles. The standard InChI is InChI=1S/C25H28N4O2S/c1-32(30,31)21-11-5-18(6-12-21)22-3-2-4-24-23(22)17-25(28-24)27-19-7-9-20(10-8-19)29-15-13-26-14-16-29/h2-12,17,23-24,26-28H,13-16H2,1H3. The maximum atomic E-state index is 11.8. The SMILES string of the molecule is CS(=O)(=O)c1ccc(C2=CC=CC3NC(Nc4ccc(N5CCNCC5)cc4)=CC23)cc1. The van der Waals surface area contributed by atoms with E-state index in [1.165, 1.54) is 17.5 Å². The molecule has 1 aliphatic carbocycles. The van der Waals surface area contributed by atoms with E-state index in [1.807, 2.05) is 12.1 Å². The maximum absolute atomic E-state index is 11.8. The molecule has 0 aromatic heterocycles. The van der Waals surface area contributed by atoms with E-state index in [1.54, 1.807) is 12.1 Å². The summed E-state index contributed by atoms with van der Waals surface area (Å²) in [6.45, 7) is 4.13. The monoisotopic (exact) mass is 448 g/mol. The zero-order chi connectivity index (χ0) is 22.1. The first kappa shape index (κ1) is 20.8. The van der Waals surface area contributed by atoms with Crippen LogP contribution in [0.15, 0.2) is 83.6 Å². The van der Waals surface area contributed by atoms with Gasteiger partial charge in [-0.1, -0.05) is 30.4 Å². The molecule has 6 nitrogen and oxygen atoms in total. The summed E-state index contributed by atoms with van der Waals surface area (Å²) in [4.78, 5) is 2.75. The summed E-state index contributed by atoms with van der Waals surface area (Å²) in [7, 11) is -3.20. The predicted molar refractivity (Wildman–Crippen MR) is 130 cm³/mol. The highest BCUT2D eigenvalue weighted by Crippen LogP contribution is 2.35. The molecule has 0 bridgehead atoms. The zero-order valence-electron chi connectivity index (χ0n) is 18.1. The first-order valence-electron chi connectivity index (χ1n) is 11.0. The Hall–Kier alpha value is -3.03. The summed E-state index contributed by atoms with van der Waals surface area (Å²) in [6, 6.07) is 15.9. The molecule has 2 unspecified atom stereocenters. The fraction of sp³-hybridized carbons (Fsp3) is 0.280. The molecule has 166 valence electrons. The fourth-order valence-electron chi connectivity index (χ4n) is 4.54. The maximum Gasteiger partial charge on any atom is 0.175 e. The third kappa shape index (κ3) is 4.31. The Morgan fingerprint density at radius 2 is 1.72 bits per heavy atom. The number of rotatable bonds is 5. The number of sulfone groups is 1. The van der Waals surface area contributed by atoms with Crippen LogP contribution < -0.4 is 20.9 Å². The molecule has 0 amide bonds. The van der Waals surface area contributed by atoms with Gasteiger partial charge in [-0.15, -0.1) is 0 Å². The highest BCUT2D eigenvalue weighted by Gasteiger charge is 2.30. The van der Waals surface area contributed by atoms with Crippen molar-refractivity contribution in [3.05, 3.63) is 84.2 Å². The van der Waals surface area contributed by atoms with Gasteiger partial charge in [-0.2, -0.15) is 0 Å². The largest absolute Gasteiger partial charge is 0.369 e. The van der Waals surface area contributed by atoms with Gasteiger partial charge in [-0.25, -0.2) is 8.42 Å². The Kier molecular flexibility index (Phi) is 5.53. The molecule has 0 saturated carbocycles. The van der Waals surface area contributed by atoms with Crippen molar-refractivity contribution in [1.82, 2.24) is 10.6 Å². The van der Waals surface area contributed by atoms with E-state index >= 15 is 0 Å². The molecule has 5 rings (SSSR count). The minimum atomic E-state index is -3.20. The molecule has 1 fully saturated rings. The predicted octanol–water partition coefficient (Wildman–Crippen LogP) is 2.99. The second kappa shape index (κ2) is 8.48. The molecule has 2 atom stereocenters. The van der Waals surface area contributed by atoms with E-state index in [0.29, 0.717) is 4.90 Å². The van der Waals surface area contributed by atoms with E-state index in [2.05, 4.69) is 69.4 Å². The highest BCUT2D eigenvalue weighted by molar-refractivity contribution is 7.90. The minimum Gasteiger partial charge on any atom is -0.369 e. The summed E-state index contributed by atoms with van der Waals surface area (Å²) >= 11 is 0. The molecule has 2 heterocycles. The first-order valence-corrected chi connectivity index (χ1v) is 12.9. The molecule has 3 aliphatic rings. The third-order valence-electron chi connectivity index (χ3n) is 6.25. The Balaban J connectivity index is 1.30. The lowest BCUT2D eigenvalue weighted by Gasteiger charge is -2.29. The Morgan fingerprint density at radius 3 is 2.41 bits per heavy atom. The Labute approximate surface area is 189 Å². The van der Waals surface area contributed by atoms with Crippen LogP contribution in [0.2, 0.25) is 0 Å². The van der Waals surface area contributed by atoms with Crippen molar-refractivity contribution in [2.24, 2.45) is 5.92 Å². The second-order valence-corrected chi connectivity index (χ2v) is 10.5. The first-order chi connectivity index (χ1) is 15.5. The van der Waals surface area contributed by atoms with Crippen LogP contribution in [0.25, 0.3) is 5.57 Å². The average Bonchev–Trinajstić information content (AvgIpc) is 3.22. The lowest BCUT2D eigenvalue weighted by Crippen LogP contribution is -2.43. The molecule has 2 aromatic carbocycles. The summed E-state index contributed by atoms with van der Waals surface area (Å²) in [5.41, 5.74) is 4.52. The van der Waals surface area contributed by atoms with Crippen molar-refractivity contribution >= 4 is 26.8 Å². The van der Waals surface area contributed by atoms with Gasteiger partial charge in [0.25, 0.3) is 0 Å². The number of anilines is 2. The van der Waals surface area contributed by atoms with Gasteiger partial charge in [0.15, 0.2) is 9.84 Å². The fourth-order valence-corrected chi connectivity index (χ4v) is 5.17. The minimum absolute atomic E-state index is 0.173. The van der Waals surface area contributed by atoms with Crippen LogP contribution in [0.5, 0.6) is 0 Å². The number of fused-ring (bicyclic) bond motifs is 1. The number of nitrogens with zero attached hydrogens (tertiary/aromatic N) is 1. The summed E-state index contributed by atoms with van der Waals surface area (Å²) in [5.74, 6) is 1.17. The van der Waals surface area contributed by atoms with E-state index in [9.17, 15) is 8.42 Å². The Bertz CT molecular complexity index is 1180. The van der Waals surface area contributed by atoms with Gasteiger partial charge in [-0.05, 0) is 53.6 Å². The summed E-state index contributed by atoms with van der Waals surface area (Å²) in [6.07, 6.45) is 9.79. The lowest BCUT2D eigenvalue weighted by atomic mass is 9.85. The van der Waals surface area contributed by atoms with Crippen LogP contribution in [0.3, 0.4) is 0 Å². The molecular formula is C25H28N4O2S. The smallest absolute Gasteiger partial charge is 0.175 e. The van der Waals surface area contributed by atoms with Crippen LogP contribution in [0.4, 0.5) is 11.4 Å². The molecular weight excluding hydrogens is 420 g/mol. The van der Waals surface area contributed by atoms with Gasteiger partial charge < -0.3 is 20.9 Å². The molecule has 1 saturated heterocycles. The van der Waals surface area contributed by atoms with Crippen molar-refractivity contribution < 1.29 is 8.42 Å². The topological polar surface area (TPSA) is 73.5 Å². The van der Waals surface area contributed by atoms with Crippen molar-refractivity contribution in [3.63, 3.8) is 0 Å². The molecule has 2 aromatic rings. The van der Waals surface area contributed by atoms with E-state index in [-0.39, 0.29) is 12.0 Å². The van der Waals surface area contributed by atoms with Crippen LogP contribution in [-0.4, -0.2) is 46.9 Å². The van der Waals surface area contributed by atoms with Gasteiger partial charge in [0, 0.05) is 49.7 Å². The average molecular weight is 449 g/mol. The van der Waals surface area contributed by atoms with Crippen molar-refractivity contribution in [2.75, 3.05) is 42.7 Å². The van der Waals surface area contributed by atoms with Crippen LogP contribution in [0, 0.1) is 5.92 Å². The van der Waals surface area contributed by atoms with Crippen LogP contribution in [0.1, 0.15) is 5.56 Å². The summed E-state index contributed by atoms with van der Waals surface area (Å²) < 4.78 is 23.5.